The van der Waals surface area contributed by atoms with E-state index in [1.807, 2.05) is 0 Å². The number of guanidine groups is 1. The van der Waals surface area contributed by atoms with Gasteiger partial charge in [-0.15, -0.1) is 0 Å². The first-order valence-electron chi connectivity index (χ1n) is 5.11. The van der Waals surface area contributed by atoms with Crippen LogP contribution in [0.3, 0.4) is 0 Å². The maximum Gasteiger partial charge on any atom is 0.320 e. The van der Waals surface area contributed by atoms with Gasteiger partial charge >= 0.3 is 5.97 Å². The van der Waals surface area contributed by atoms with Crippen molar-refractivity contribution in [1.29, 1.82) is 5.41 Å². The molecule has 16 heavy (non-hydrogen) atoms. The minimum atomic E-state index is -0.876. The monoisotopic (exact) mass is 232 g/mol. The molecule has 6 N–H and O–H groups in total. The van der Waals surface area contributed by atoms with Gasteiger partial charge in [0.15, 0.2) is 5.96 Å². The van der Waals surface area contributed by atoms with Crippen molar-refractivity contribution in [2.45, 2.75) is 18.9 Å². The van der Waals surface area contributed by atoms with Gasteiger partial charge in [0.1, 0.15) is 6.04 Å². The number of methoxy groups -OCH3 is 1. The van der Waals surface area contributed by atoms with Crippen LogP contribution in [0.1, 0.15) is 12.8 Å². The Balaban J connectivity index is 3.68. The van der Waals surface area contributed by atoms with Crippen molar-refractivity contribution in [1.82, 2.24) is 10.6 Å². The van der Waals surface area contributed by atoms with Crippen molar-refractivity contribution in [3.8, 4) is 0 Å². The van der Waals surface area contributed by atoms with E-state index in [9.17, 15) is 4.79 Å². The highest BCUT2D eigenvalue weighted by Gasteiger charge is 2.15. The zero-order valence-corrected chi connectivity index (χ0v) is 9.45. The Kier molecular flexibility index (Phi) is 8.18. The minimum absolute atomic E-state index is 0.0979. The summed E-state index contributed by atoms with van der Waals surface area (Å²) in [6, 6.07) is -0.580. The molecule has 94 valence electrons. The molecule has 0 aliphatic heterocycles. The number of hydrogen-bond donors (Lipinski definition) is 5. The standard InChI is InChI=1S/C9H20N4O3/c1-16-6-5-12-7(8(14)15)3-2-4-13-9(10)11/h7,12H,2-6H2,1H3,(H,14,15)(H4,10,11,13)/t7-/m0/s1. The van der Waals surface area contributed by atoms with E-state index in [0.29, 0.717) is 32.5 Å². The molecule has 0 spiro atoms. The molecule has 0 unspecified atom stereocenters. The zero-order chi connectivity index (χ0) is 12.4. The summed E-state index contributed by atoms with van der Waals surface area (Å²) >= 11 is 0. The summed E-state index contributed by atoms with van der Waals surface area (Å²) in [5.41, 5.74) is 5.09. The van der Waals surface area contributed by atoms with E-state index >= 15 is 0 Å². The second-order valence-electron chi connectivity index (χ2n) is 3.32. The zero-order valence-electron chi connectivity index (χ0n) is 9.45. The molecule has 1 atom stereocenters. The van der Waals surface area contributed by atoms with Gasteiger partial charge in [0.2, 0.25) is 0 Å². The van der Waals surface area contributed by atoms with Crippen LogP contribution in [0.5, 0.6) is 0 Å². The smallest absolute Gasteiger partial charge is 0.320 e. The maximum absolute atomic E-state index is 10.8. The van der Waals surface area contributed by atoms with Crippen LogP contribution in [-0.2, 0) is 9.53 Å². The highest BCUT2D eigenvalue weighted by molar-refractivity contribution is 5.74. The number of nitrogens with one attached hydrogen (secondary N) is 3. The Morgan fingerprint density at radius 3 is 2.75 bits per heavy atom. The van der Waals surface area contributed by atoms with E-state index in [-0.39, 0.29) is 5.96 Å². The summed E-state index contributed by atoms with van der Waals surface area (Å²) < 4.78 is 4.82. The van der Waals surface area contributed by atoms with Gasteiger partial charge in [-0.1, -0.05) is 0 Å². The molecule has 0 radical (unpaired) electrons. The SMILES string of the molecule is COCCN[C@@H](CCCNC(=N)N)C(=O)O. The van der Waals surface area contributed by atoms with E-state index in [1.165, 1.54) is 0 Å². The minimum Gasteiger partial charge on any atom is -0.480 e. The van der Waals surface area contributed by atoms with E-state index in [0.717, 1.165) is 0 Å². The Morgan fingerprint density at radius 2 is 2.25 bits per heavy atom. The number of carboxylic acids is 1. The lowest BCUT2D eigenvalue weighted by atomic mass is 10.1. The van der Waals surface area contributed by atoms with Crippen LogP contribution >= 0.6 is 0 Å². The van der Waals surface area contributed by atoms with Crippen LogP contribution in [-0.4, -0.2) is 49.9 Å². The molecule has 0 bridgehead atoms. The number of carboxylic acid groups (broad SMARTS) is 1. The Bertz CT molecular complexity index is 223. The summed E-state index contributed by atoms with van der Waals surface area (Å²) in [6.07, 6.45) is 1.12. The van der Waals surface area contributed by atoms with Crippen LogP contribution in [0.4, 0.5) is 0 Å². The van der Waals surface area contributed by atoms with Crippen LogP contribution in [0.15, 0.2) is 0 Å². The average Bonchev–Trinajstić information content (AvgIpc) is 2.21. The van der Waals surface area contributed by atoms with Gasteiger partial charge < -0.3 is 26.2 Å². The fraction of sp³-hybridized carbons (Fsp3) is 0.778. The summed E-state index contributed by atoms with van der Waals surface area (Å²) in [4.78, 5) is 10.8. The van der Waals surface area contributed by atoms with Gasteiger partial charge in [-0.2, -0.15) is 0 Å². The van der Waals surface area contributed by atoms with E-state index in [1.54, 1.807) is 7.11 Å². The molecular formula is C9H20N4O3. The number of nitrogens with two attached hydrogens (primary N) is 1. The van der Waals surface area contributed by atoms with Crippen LogP contribution in [0, 0.1) is 5.41 Å². The highest BCUT2D eigenvalue weighted by Crippen LogP contribution is 1.96. The lowest BCUT2D eigenvalue weighted by Crippen LogP contribution is -2.39. The molecule has 0 saturated heterocycles. The average molecular weight is 232 g/mol. The van der Waals surface area contributed by atoms with Crippen LogP contribution in [0.2, 0.25) is 0 Å². The predicted octanol–water partition coefficient (Wildman–Crippen LogP) is -1.06. The second kappa shape index (κ2) is 8.93. The molecule has 0 aliphatic carbocycles. The topological polar surface area (TPSA) is 120 Å². The quantitative estimate of drug-likeness (QED) is 0.196. The molecule has 7 heteroatoms. The van der Waals surface area contributed by atoms with Crippen molar-refractivity contribution in [3.63, 3.8) is 0 Å². The molecule has 0 fully saturated rings. The molecule has 0 aromatic carbocycles. The number of aliphatic carboxylic acids is 1. The largest absolute Gasteiger partial charge is 0.480 e. The first-order chi connectivity index (χ1) is 7.57. The van der Waals surface area contributed by atoms with Gasteiger partial charge in [0, 0.05) is 20.2 Å². The van der Waals surface area contributed by atoms with Crippen molar-refractivity contribution >= 4 is 11.9 Å². The summed E-state index contributed by atoms with van der Waals surface area (Å²) in [6.45, 7) is 1.49. The molecule has 0 rings (SSSR count). The summed E-state index contributed by atoms with van der Waals surface area (Å²) in [5.74, 6) is -0.974. The number of rotatable bonds is 9. The highest BCUT2D eigenvalue weighted by atomic mass is 16.5. The lowest BCUT2D eigenvalue weighted by Gasteiger charge is -2.14. The molecule has 0 amide bonds. The Labute approximate surface area is 94.9 Å². The predicted molar refractivity (Wildman–Crippen MR) is 60.5 cm³/mol. The molecule has 0 aromatic heterocycles. The first kappa shape index (κ1) is 14.7. The van der Waals surface area contributed by atoms with Gasteiger partial charge in [-0.25, -0.2) is 0 Å². The molecule has 7 nitrogen and oxygen atoms in total. The Hall–Kier alpha value is -1.34. The fourth-order valence-corrected chi connectivity index (χ4v) is 1.18. The summed E-state index contributed by atoms with van der Waals surface area (Å²) in [5, 5.41) is 21.3. The molecule has 0 aliphatic rings. The van der Waals surface area contributed by atoms with Crippen molar-refractivity contribution in [3.05, 3.63) is 0 Å². The van der Waals surface area contributed by atoms with Crippen molar-refractivity contribution in [2.75, 3.05) is 26.8 Å². The molecule has 0 aromatic rings. The van der Waals surface area contributed by atoms with E-state index in [2.05, 4.69) is 10.6 Å². The van der Waals surface area contributed by atoms with Crippen molar-refractivity contribution in [2.24, 2.45) is 5.73 Å². The van der Waals surface area contributed by atoms with Gasteiger partial charge in [-0.05, 0) is 12.8 Å². The van der Waals surface area contributed by atoms with Gasteiger partial charge in [0.05, 0.1) is 6.61 Å². The maximum atomic E-state index is 10.8. The lowest BCUT2D eigenvalue weighted by molar-refractivity contribution is -0.139. The van der Waals surface area contributed by atoms with Crippen LogP contribution < -0.4 is 16.4 Å². The molecule has 0 saturated carbocycles. The fourth-order valence-electron chi connectivity index (χ4n) is 1.18. The van der Waals surface area contributed by atoms with Crippen LogP contribution in [0.25, 0.3) is 0 Å². The van der Waals surface area contributed by atoms with E-state index in [4.69, 9.17) is 21.0 Å². The van der Waals surface area contributed by atoms with E-state index < -0.39 is 12.0 Å². The van der Waals surface area contributed by atoms with Crippen molar-refractivity contribution < 1.29 is 14.6 Å². The van der Waals surface area contributed by atoms with Gasteiger partial charge in [0.25, 0.3) is 0 Å². The third-order valence-corrected chi connectivity index (χ3v) is 1.98. The Morgan fingerprint density at radius 1 is 1.56 bits per heavy atom. The number of ether oxygens (including phenoxy) is 1. The summed E-state index contributed by atoms with van der Waals surface area (Å²) in [7, 11) is 1.56. The number of hydrogen-bond acceptors (Lipinski definition) is 4. The first-order valence-corrected chi connectivity index (χ1v) is 5.11. The third-order valence-electron chi connectivity index (χ3n) is 1.98. The normalized spacial score (nSPS) is 12.1. The molecular weight excluding hydrogens is 212 g/mol. The van der Waals surface area contributed by atoms with Gasteiger partial charge in [-0.3, -0.25) is 10.2 Å². The number of carbonyl (C=O) groups is 1. The second-order valence-corrected chi connectivity index (χ2v) is 3.32. The third kappa shape index (κ3) is 8.01. The molecule has 0 heterocycles.